The van der Waals surface area contributed by atoms with Crippen LogP contribution >= 0.6 is 0 Å². The normalized spacial score (nSPS) is 16.2. The molecule has 0 unspecified atom stereocenters. The van der Waals surface area contributed by atoms with Gasteiger partial charge in [-0.05, 0) is 57.2 Å². The molecule has 0 radical (unpaired) electrons. The third kappa shape index (κ3) is 6.83. The number of likely N-dealkylation sites (tertiary alicyclic amines) is 1. The second kappa shape index (κ2) is 13.8. The van der Waals surface area contributed by atoms with Crippen molar-refractivity contribution in [2.24, 2.45) is 0 Å². The molecule has 2 N–H and O–H groups in total. The third-order valence-electron chi connectivity index (χ3n) is 8.05. The summed E-state index contributed by atoms with van der Waals surface area (Å²) in [7, 11) is 3.37. The van der Waals surface area contributed by atoms with E-state index in [2.05, 4.69) is 29.0 Å². The Morgan fingerprint density at radius 1 is 1.15 bits per heavy atom. The summed E-state index contributed by atoms with van der Waals surface area (Å²) in [5.74, 6) is 1.63. The fourth-order valence-corrected chi connectivity index (χ4v) is 5.60. The van der Waals surface area contributed by atoms with E-state index in [0.29, 0.717) is 67.0 Å². The van der Waals surface area contributed by atoms with Gasteiger partial charge in [0, 0.05) is 44.7 Å². The topological polar surface area (TPSA) is 111 Å². The zero-order valence-corrected chi connectivity index (χ0v) is 24.4. The number of hydrogen-bond donors (Lipinski definition) is 2. The van der Waals surface area contributed by atoms with Gasteiger partial charge in [0.2, 0.25) is 11.9 Å². The van der Waals surface area contributed by atoms with Gasteiger partial charge in [0.15, 0.2) is 5.82 Å². The summed E-state index contributed by atoms with van der Waals surface area (Å²) in [6.45, 7) is 6.05. The van der Waals surface area contributed by atoms with Gasteiger partial charge in [-0.25, -0.2) is 4.98 Å². The van der Waals surface area contributed by atoms with Crippen LogP contribution in [0.3, 0.4) is 0 Å². The minimum Gasteiger partial charge on any atom is -0.495 e. The highest BCUT2D eigenvalue weighted by molar-refractivity contribution is 5.96. The highest BCUT2D eigenvalue weighted by Crippen LogP contribution is 2.35. The molecule has 2 fully saturated rings. The molecule has 10 nitrogen and oxygen atoms in total. The summed E-state index contributed by atoms with van der Waals surface area (Å²) in [5, 5.41) is 13.1. The first-order chi connectivity index (χ1) is 19.4. The van der Waals surface area contributed by atoms with Gasteiger partial charge in [-0.15, -0.1) is 0 Å². The lowest BCUT2D eigenvalue weighted by atomic mass is 10.1. The van der Waals surface area contributed by atoms with Gasteiger partial charge in [-0.1, -0.05) is 26.2 Å². The van der Waals surface area contributed by atoms with Crippen molar-refractivity contribution in [2.75, 3.05) is 48.9 Å². The first-order valence-electron chi connectivity index (χ1n) is 14.7. The Morgan fingerprint density at radius 2 is 1.88 bits per heavy atom. The molecule has 218 valence electrons. The maximum Gasteiger partial charge on any atom is 0.253 e. The molecule has 2 aromatic rings. The van der Waals surface area contributed by atoms with Crippen molar-refractivity contribution in [3.8, 4) is 5.75 Å². The van der Waals surface area contributed by atoms with Gasteiger partial charge in [0.1, 0.15) is 11.4 Å². The molecule has 0 atom stereocenters. The number of aromatic nitrogens is 2. The van der Waals surface area contributed by atoms with Crippen molar-refractivity contribution in [1.29, 1.82) is 0 Å². The SMILES string of the molecule is CCCCC(=O)N(C)c1cnc(Nc2ccc(C(=O)N3CCC(O)CC3)cc2OC)nc1N(CC)C1CCCC1. The quantitative estimate of drug-likeness (QED) is 0.411. The molecule has 2 aliphatic rings. The van der Waals surface area contributed by atoms with Crippen LogP contribution in [0.25, 0.3) is 0 Å². The highest BCUT2D eigenvalue weighted by Gasteiger charge is 2.28. The number of nitrogens with one attached hydrogen (secondary N) is 1. The Morgan fingerprint density at radius 3 is 2.52 bits per heavy atom. The summed E-state index contributed by atoms with van der Waals surface area (Å²) in [5.41, 5.74) is 1.88. The van der Waals surface area contributed by atoms with Gasteiger partial charge < -0.3 is 29.9 Å². The Labute approximate surface area is 237 Å². The van der Waals surface area contributed by atoms with Crippen LogP contribution in [0.4, 0.5) is 23.1 Å². The minimum absolute atomic E-state index is 0.0556. The Kier molecular flexibility index (Phi) is 10.2. The maximum absolute atomic E-state index is 13.1. The van der Waals surface area contributed by atoms with E-state index in [0.717, 1.165) is 38.0 Å². The van der Waals surface area contributed by atoms with E-state index in [1.165, 1.54) is 12.8 Å². The predicted molar refractivity (Wildman–Crippen MR) is 158 cm³/mol. The van der Waals surface area contributed by atoms with E-state index >= 15 is 0 Å². The van der Waals surface area contributed by atoms with Crippen LogP contribution in [0.15, 0.2) is 24.4 Å². The van der Waals surface area contributed by atoms with E-state index in [1.54, 1.807) is 48.4 Å². The monoisotopic (exact) mass is 552 g/mol. The van der Waals surface area contributed by atoms with Gasteiger partial charge in [-0.3, -0.25) is 9.59 Å². The molecule has 1 aliphatic heterocycles. The molecule has 0 spiro atoms. The number of hydrogen-bond acceptors (Lipinski definition) is 8. The van der Waals surface area contributed by atoms with E-state index in [1.807, 2.05) is 0 Å². The third-order valence-corrected chi connectivity index (χ3v) is 8.05. The first kappa shape index (κ1) is 29.6. The lowest BCUT2D eigenvalue weighted by Crippen LogP contribution is -2.40. The van der Waals surface area contributed by atoms with Gasteiger partial charge >= 0.3 is 0 Å². The average molecular weight is 553 g/mol. The van der Waals surface area contributed by atoms with E-state index in [9.17, 15) is 14.7 Å². The number of nitrogens with zero attached hydrogens (tertiary/aromatic N) is 5. The summed E-state index contributed by atoms with van der Waals surface area (Å²) >= 11 is 0. The van der Waals surface area contributed by atoms with E-state index < -0.39 is 0 Å². The Hall–Kier alpha value is -3.40. The Balaban J connectivity index is 1.61. The highest BCUT2D eigenvalue weighted by atomic mass is 16.5. The molecule has 0 bridgehead atoms. The molecule has 2 amide bonds. The zero-order valence-electron chi connectivity index (χ0n) is 24.4. The van der Waals surface area contributed by atoms with Crippen LogP contribution < -0.4 is 19.9 Å². The fraction of sp³-hybridized carbons (Fsp3) is 0.600. The van der Waals surface area contributed by atoms with Gasteiger partial charge in [0.25, 0.3) is 5.91 Å². The summed E-state index contributed by atoms with van der Waals surface area (Å²) in [6.07, 6.45) is 9.45. The second-order valence-electron chi connectivity index (χ2n) is 10.7. The van der Waals surface area contributed by atoms with Crippen molar-refractivity contribution in [1.82, 2.24) is 14.9 Å². The predicted octanol–water partition coefficient (Wildman–Crippen LogP) is 4.75. The number of aliphatic hydroxyl groups is 1. The largest absolute Gasteiger partial charge is 0.495 e. The van der Waals surface area contributed by atoms with Gasteiger partial charge in [0.05, 0.1) is 25.1 Å². The number of benzene rings is 1. The summed E-state index contributed by atoms with van der Waals surface area (Å²) < 4.78 is 5.63. The van der Waals surface area contributed by atoms with Crippen LogP contribution in [0, 0.1) is 0 Å². The molecule has 1 aromatic carbocycles. The molecular weight excluding hydrogens is 508 g/mol. The fourth-order valence-electron chi connectivity index (χ4n) is 5.60. The number of amides is 2. The lowest BCUT2D eigenvalue weighted by Gasteiger charge is -2.32. The minimum atomic E-state index is -0.340. The molecule has 1 aliphatic carbocycles. The molecule has 40 heavy (non-hydrogen) atoms. The molecule has 2 heterocycles. The number of carbonyl (C=O) groups is 2. The van der Waals surface area contributed by atoms with Crippen LogP contribution in [-0.2, 0) is 4.79 Å². The molecular formula is C30H44N6O4. The van der Waals surface area contributed by atoms with Crippen LogP contribution in [-0.4, -0.2) is 77.7 Å². The zero-order chi connectivity index (χ0) is 28.6. The molecule has 1 saturated heterocycles. The summed E-state index contributed by atoms with van der Waals surface area (Å²) in [4.78, 5) is 41.3. The number of piperidine rings is 1. The molecule has 10 heteroatoms. The van der Waals surface area contributed by atoms with Crippen molar-refractivity contribution < 1.29 is 19.4 Å². The molecule has 4 rings (SSSR count). The second-order valence-corrected chi connectivity index (χ2v) is 10.7. The number of aliphatic hydroxyl groups excluding tert-OH is 1. The van der Waals surface area contributed by atoms with Gasteiger partial charge in [-0.2, -0.15) is 4.98 Å². The number of anilines is 4. The number of rotatable bonds is 11. The lowest BCUT2D eigenvalue weighted by molar-refractivity contribution is -0.118. The number of carbonyl (C=O) groups excluding carboxylic acids is 2. The van der Waals surface area contributed by atoms with Crippen LogP contribution in [0.2, 0.25) is 0 Å². The number of unbranched alkanes of at least 4 members (excludes halogenated alkanes) is 1. The Bertz CT molecular complexity index is 1160. The van der Waals surface area contributed by atoms with Crippen molar-refractivity contribution in [2.45, 2.75) is 83.8 Å². The number of methoxy groups -OCH3 is 1. The van der Waals surface area contributed by atoms with E-state index in [-0.39, 0.29) is 17.9 Å². The van der Waals surface area contributed by atoms with Crippen molar-refractivity contribution in [3.63, 3.8) is 0 Å². The first-order valence-corrected chi connectivity index (χ1v) is 14.7. The average Bonchev–Trinajstić information content (AvgIpc) is 3.51. The standard InChI is InChI=1S/C30H44N6O4/c1-5-7-12-27(38)34(3)25-20-31-30(33-28(25)36(6-2)22-10-8-9-11-22)32-24-14-13-21(19-26(24)40-4)29(39)35-17-15-23(37)16-18-35/h13-14,19-20,22-23,37H,5-12,15-18H2,1-4H3,(H,31,32,33). The van der Waals surface area contributed by atoms with E-state index in [4.69, 9.17) is 9.72 Å². The van der Waals surface area contributed by atoms with Crippen LogP contribution in [0.5, 0.6) is 5.75 Å². The van der Waals surface area contributed by atoms with Crippen molar-refractivity contribution in [3.05, 3.63) is 30.0 Å². The molecule has 1 aromatic heterocycles. The summed E-state index contributed by atoms with van der Waals surface area (Å²) in [6, 6.07) is 5.67. The van der Waals surface area contributed by atoms with Crippen molar-refractivity contribution >= 4 is 35.0 Å². The molecule has 1 saturated carbocycles. The van der Waals surface area contributed by atoms with Crippen LogP contribution in [0.1, 0.15) is 82.0 Å². The smallest absolute Gasteiger partial charge is 0.253 e. The maximum atomic E-state index is 13.1. The number of ether oxygens (including phenoxy) is 1.